The molecule has 1 aliphatic rings. The number of carbonyl (C=O) groups excluding carboxylic acids is 1. The number of morpholine rings is 1. The Balaban J connectivity index is 1.53. The van der Waals surface area contributed by atoms with Crippen molar-refractivity contribution in [1.29, 1.82) is 0 Å². The van der Waals surface area contributed by atoms with Crippen LogP contribution in [0.1, 0.15) is 0 Å². The average molecular weight is 368 g/mol. The van der Waals surface area contributed by atoms with E-state index in [-0.39, 0.29) is 12.2 Å². The van der Waals surface area contributed by atoms with Crippen molar-refractivity contribution in [2.24, 2.45) is 0 Å². The van der Waals surface area contributed by atoms with E-state index in [0.717, 1.165) is 11.4 Å². The van der Waals surface area contributed by atoms with Gasteiger partial charge in [-0.05, 0) is 24.3 Å². The number of anilines is 1. The summed E-state index contributed by atoms with van der Waals surface area (Å²) < 4.78 is 16.8. The zero-order valence-corrected chi connectivity index (χ0v) is 15.2. The molecule has 1 amide bonds. The molecule has 1 unspecified atom stereocenters. The molecule has 2 aromatic rings. The quantitative estimate of drug-likeness (QED) is 0.757. The van der Waals surface area contributed by atoms with Gasteiger partial charge in [0.15, 0.2) is 0 Å². The summed E-state index contributed by atoms with van der Waals surface area (Å²) in [6.45, 7) is 6.12. The molecule has 142 valence electrons. The molecular formula is C21H24N2O4. The summed E-state index contributed by atoms with van der Waals surface area (Å²) in [4.78, 5) is 14.0. The largest absolute Gasteiger partial charge is 0.487 e. The molecule has 0 bridgehead atoms. The maximum atomic E-state index is 12.4. The number of hydrogen-bond acceptors (Lipinski definition) is 5. The Morgan fingerprint density at radius 3 is 2.81 bits per heavy atom. The number of benzene rings is 2. The van der Waals surface area contributed by atoms with Gasteiger partial charge >= 0.3 is 6.09 Å². The van der Waals surface area contributed by atoms with Crippen LogP contribution in [-0.2, 0) is 4.74 Å². The molecule has 1 saturated heterocycles. The molecule has 3 rings (SSSR count). The third kappa shape index (κ3) is 5.49. The summed E-state index contributed by atoms with van der Waals surface area (Å²) in [5.74, 6) is 1.30. The molecule has 27 heavy (non-hydrogen) atoms. The first-order valence-electron chi connectivity index (χ1n) is 8.96. The zero-order valence-electron chi connectivity index (χ0n) is 15.2. The van der Waals surface area contributed by atoms with E-state index in [1.165, 1.54) is 0 Å². The molecule has 1 N–H and O–H groups in total. The van der Waals surface area contributed by atoms with Crippen molar-refractivity contribution in [2.45, 2.75) is 6.10 Å². The molecule has 1 atom stereocenters. The van der Waals surface area contributed by atoms with Gasteiger partial charge < -0.3 is 24.4 Å². The van der Waals surface area contributed by atoms with Gasteiger partial charge in [-0.1, -0.05) is 43.0 Å². The monoisotopic (exact) mass is 368 g/mol. The molecule has 1 heterocycles. The van der Waals surface area contributed by atoms with Crippen LogP contribution in [0.4, 0.5) is 10.5 Å². The fraction of sp³-hybridized carbons (Fsp3) is 0.286. The minimum Gasteiger partial charge on any atom is -0.487 e. The average Bonchev–Trinajstić information content (AvgIpc) is 2.72. The second-order valence-electron chi connectivity index (χ2n) is 6.10. The fourth-order valence-corrected chi connectivity index (χ4v) is 2.77. The van der Waals surface area contributed by atoms with E-state index in [1.807, 2.05) is 42.5 Å². The first-order valence-corrected chi connectivity index (χ1v) is 8.96. The highest BCUT2D eigenvalue weighted by Gasteiger charge is 2.25. The van der Waals surface area contributed by atoms with Crippen LogP contribution in [0.5, 0.6) is 11.5 Å². The van der Waals surface area contributed by atoms with Crippen molar-refractivity contribution in [1.82, 2.24) is 4.90 Å². The van der Waals surface area contributed by atoms with Gasteiger partial charge in [-0.15, -0.1) is 0 Å². The van der Waals surface area contributed by atoms with E-state index in [2.05, 4.69) is 11.9 Å². The maximum absolute atomic E-state index is 12.4. The number of nitrogens with zero attached hydrogens (tertiary/aromatic N) is 1. The Kier molecular flexibility index (Phi) is 6.71. The van der Waals surface area contributed by atoms with Gasteiger partial charge in [0.1, 0.15) is 18.1 Å². The van der Waals surface area contributed by atoms with Gasteiger partial charge in [0.2, 0.25) is 0 Å². The van der Waals surface area contributed by atoms with Gasteiger partial charge in [0, 0.05) is 13.1 Å². The van der Waals surface area contributed by atoms with Gasteiger partial charge in [-0.25, -0.2) is 4.79 Å². The molecule has 0 saturated carbocycles. The van der Waals surface area contributed by atoms with Crippen molar-refractivity contribution in [3.63, 3.8) is 0 Å². The lowest BCUT2D eigenvalue weighted by molar-refractivity contribution is -0.0133. The minimum absolute atomic E-state index is 0.130. The van der Waals surface area contributed by atoms with E-state index in [1.54, 1.807) is 23.1 Å². The molecule has 2 aromatic carbocycles. The summed E-state index contributed by atoms with van der Waals surface area (Å²) in [6, 6.07) is 16.8. The summed E-state index contributed by atoms with van der Waals surface area (Å²) in [5, 5.41) is 3.34. The molecule has 0 spiro atoms. The van der Waals surface area contributed by atoms with Gasteiger partial charge in [-0.2, -0.15) is 0 Å². The number of ether oxygens (including phenoxy) is 3. The van der Waals surface area contributed by atoms with Crippen LogP contribution in [0, 0.1) is 0 Å². The number of para-hydroxylation sites is 3. The van der Waals surface area contributed by atoms with Gasteiger partial charge in [-0.3, -0.25) is 0 Å². The second-order valence-corrected chi connectivity index (χ2v) is 6.10. The van der Waals surface area contributed by atoms with Crippen LogP contribution < -0.4 is 14.8 Å². The smallest absolute Gasteiger partial charge is 0.415 e. The van der Waals surface area contributed by atoms with Crippen molar-refractivity contribution >= 4 is 11.8 Å². The molecule has 6 heteroatoms. The lowest BCUT2D eigenvalue weighted by atomic mass is 10.2. The SMILES string of the molecule is C=CCOc1ccccc1NCC1CN(C(=O)Oc2ccccc2)CCO1. The maximum Gasteiger partial charge on any atom is 0.415 e. The minimum atomic E-state index is -0.357. The predicted octanol–water partition coefficient (Wildman–Crippen LogP) is 3.56. The summed E-state index contributed by atoms with van der Waals surface area (Å²) in [6.07, 6.45) is 1.22. The van der Waals surface area contributed by atoms with E-state index in [4.69, 9.17) is 14.2 Å². The Morgan fingerprint density at radius 2 is 2.00 bits per heavy atom. The Bertz CT molecular complexity index is 751. The lowest BCUT2D eigenvalue weighted by Gasteiger charge is -2.32. The third-order valence-electron chi connectivity index (χ3n) is 4.11. The van der Waals surface area contributed by atoms with E-state index in [9.17, 15) is 4.79 Å². The topological polar surface area (TPSA) is 60.0 Å². The normalized spacial score (nSPS) is 16.4. The first kappa shape index (κ1) is 18.8. The van der Waals surface area contributed by atoms with Crippen LogP contribution >= 0.6 is 0 Å². The number of carbonyl (C=O) groups is 1. The van der Waals surface area contributed by atoms with Crippen molar-refractivity contribution in [2.75, 3.05) is 38.2 Å². The Hall–Kier alpha value is -2.99. The fourth-order valence-electron chi connectivity index (χ4n) is 2.77. The summed E-state index contributed by atoms with van der Waals surface area (Å²) >= 11 is 0. The van der Waals surface area contributed by atoms with Crippen LogP contribution in [-0.4, -0.2) is 49.9 Å². The summed E-state index contributed by atoms with van der Waals surface area (Å²) in [5.41, 5.74) is 0.881. The molecule has 0 aromatic heterocycles. The summed E-state index contributed by atoms with van der Waals surface area (Å²) in [7, 11) is 0. The number of hydrogen-bond donors (Lipinski definition) is 1. The second kappa shape index (κ2) is 9.64. The predicted molar refractivity (Wildman–Crippen MR) is 104 cm³/mol. The van der Waals surface area contributed by atoms with Crippen molar-refractivity contribution in [3.05, 3.63) is 67.3 Å². The molecule has 0 aliphatic carbocycles. The van der Waals surface area contributed by atoms with Crippen LogP contribution in [0.25, 0.3) is 0 Å². The molecule has 0 radical (unpaired) electrons. The standard InChI is InChI=1S/C21H24N2O4/c1-2-13-26-20-11-7-6-10-19(20)22-15-18-16-23(12-14-25-18)21(24)27-17-8-4-3-5-9-17/h2-11,18,22H,1,12-16H2. The molecule has 1 aliphatic heterocycles. The number of amides is 1. The molecule has 1 fully saturated rings. The number of rotatable bonds is 7. The van der Waals surface area contributed by atoms with Crippen LogP contribution in [0.3, 0.4) is 0 Å². The van der Waals surface area contributed by atoms with Crippen molar-refractivity contribution in [3.8, 4) is 11.5 Å². The van der Waals surface area contributed by atoms with Crippen LogP contribution in [0.2, 0.25) is 0 Å². The molecule has 6 nitrogen and oxygen atoms in total. The Labute approximate surface area is 159 Å². The highest BCUT2D eigenvalue weighted by Crippen LogP contribution is 2.24. The van der Waals surface area contributed by atoms with Crippen molar-refractivity contribution < 1.29 is 19.0 Å². The van der Waals surface area contributed by atoms with E-state index < -0.39 is 0 Å². The highest BCUT2D eigenvalue weighted by atomic mass is 16.6. The Morgan fingerprint density at radius 1 is 1.22 bits per heavy atom. The first-order chi connectivity index (χ1) is 13.3. The zero-order chi connectivity index (χ0) is 18.9. The lowest BCUT2D eigenvalue weighted by Crippen LogP contribution is -2.48. The van der Waals surface area contributed by atoms with E-state index >= 15 is 0 Å². The highest BCUT2D eigenvalue weighted by molar-refractivity contribution is 5.70. The van der Waals surface area contributed by atoms with E-state index in [0.29, 0.717) is 38.6 Å². The molecular weight excluding hydrogens is 344 g/mol. The van der Waals surface area contributed by atoms with Crippen LogP contribution in [0.15, 0.2) is 67.3 Å². The van der Waals surface area contributed by atoms with Gasteiger partial charge in [0.25, 0.3) is 0 Å². The number of nitrogens with one attached hydrogen (secondary N) is 1. The van der Waals surface area contributed by atoms with Gasteiger partial charge in [0.05, 0.1) is 24.9 Å². The third-order valence-corrected chi connectivity index (χ3v) is 4.11.